The van der Waals surface area contributed by atoms with Crippen LogP contribution < -0.4 is 5.32 Å². The van der Waals surface area contributed by atoms with Crippen molar-refractivity contribution in [3.8, 4) is 28.9 Å². The summed E-state index contributed by atoms with van der Waals surface area (Å²) >= 11 is 0. The van der Waals surface area contributed by atoms with Crippen molar-refractivity contribution in [3.63, 3.8) is 0 Å². The second-order valence-electron chi connectivity index (χ2n) is 8.12. The Morgan fingerprint density at radius 3 is 2.30 bits per heavy atom. The number of hydrogen-bond donors (Lipinski definition) is 1. The highest BCUT2D eigenvalue weighted by atomic mass is 16.5. The number of nitrogens with zero attached hydrogens (tertiary/aromatic N) is 5. The molecule has 1 atom stereocenters. The highest BCUT2D eigenvalue weighted by Gasteiger charge is 2.32. The van der Waals surface area contributed by atoms with E-state index in [1.807, 2.05) is 50.2 Å². The fourth-order valence-electron chi connectivity index (χ4n) is 3.72. The van der Waals surface area contributed by atoms with Gasteiger partial charge in [-0.1, -0.05) is 36.4 Å². The molecule has 0 spiro atoms. The average molecular weight is 498 g/mol. The first-order chi connectivity index (χ1) is 17.9. The number of esters is 1. The van der Waals surface area contributed by atoms with Crippen LogP contribution >= 0.6 is 0 Å². The molecule has 2 aromatic carbocycles. The zero-order valence-corrected chi connectivity index (χ0v) is 20.2. The number of rotatable bonds is 7. The fourth-order valence-corrected chi connectivity index (χ4v) is 3.72. The van der Waals surface area contributed by atoms with Crippen LogP contribution in [0.25, 0.3) is 28.9 Å². The van der Waals surface area contributed by atoms with Crippen molar-refractivity contribution < 1.29 is 23.2 Å². The normalized spacial score (nSPS) is 11.8. The van der Waals surface area contributed by atoms with Gasteiger partial charge in [-0.25, -0.2) is 14.5 Å². The van der Waals surface area contributed by atoms with E-state index in [1.54, 1.807) is 35.0 Å². The van der Waals surface area contributed by atoms with Crippen molar-refractivity contribution >= 4 is 11.9 Å². The van der Waals surface area contributed by atoms with E-state index in [2.05, 4.69) is 25.6 Å². The van der Waals surface area contributed by atoms with Gasteiger partial charge in [0.05, 0.1) is 12.8 Å². The zero-order valence-electron chi connectivity index (χ0n) is 20.2. The van der Waals surface area contributed by atoms with Gasteiger partial charge in [0.15, 0.2) is 5.69 Å². The number of ether oxygens (including phenoxy) is 1. The summed E-state index contributed by atoms with van der Waals surface area (Å²) in [5.74, 6) is -0.890. The summed E-state index contributed by atoms with van der Waals surface area (Å²) in [6, 6.07) is 18.3. The summed E-state index contributed by atoms with van der Waals surface area (Å²) in [6.07, 6.45) is 0. The Kier molecular flexibility index (Phi) is 6.33. The molecule has 0 saturated heterocycles. The van der Waals surface area contributed by atoms with Crippen molar-refractivity contribution in [1.29, 1.82) is 0 Å². The van der Waals surface area contributed by atoms with E-state index in [0.29, 0.717) is 11.5 Å². The monoisotopic (exact) mass is 498 g/mol. The number of carbonyl (C=O) groups is 2. The number of oxazole rings is 1. The van der Waals surface area contributed by atoms with Crippen LogP contribution in [-0.2, 0) is 9.53 Å². The Bertz CT molecular complexity index is 1550. The van der Waals surface area contributed by atoms with Crippen LogP contribution in [0.4, 0.5) is 0 Å². The van der Waals surface area contributed by atoms with E-state index in [-0.39, 0.29) is 23.4 Å². The largest absolute Gasteiger partial charge is 0.467 e. The van der Waals surface area contributed by atoms with E-state index < -0.39 is 17.9 Å². The van der Waals surface area contributed by atoms with Crippen molar-refractivity contribution in [2.45, 2.75) is 19.9 Å². The van der Waals surface area contributed by atoms with E-state index in [9.17, 15) is 9.59 Å². The molecule has 5 rings (SSSR count). The molecule has 11 nitrogen and oxygen atoms in total. The van der Waals surface area contributed by atoms with Crippen molar-refractivity contribution in [2.75, 3.05) is 7.11 Å². The van der Waals surface area contributed by atoms with E-state index in [4.69, 9.17) is 13.6 Å². The molecule has 3 aromatic heterocycles. The van der Waals surface area contributed by atoms with Crippen LogP contribution in [-0.4, -0.2) is 43.9 Å². The smallest absolute Gasteiger partial charge is 0.338 e. The predicted molar refractivity (Wildman–Crippen MR) is 130 cm³/mol. The predicted octanol–water partition coefficient (Wildman–Crippen LogP) is 3.84. The first-order valence-corrected chi connectivity index (χ1v) is 11.3. The first kappa shape index (κ1) is 23.7. The van der Waals surface area contributed by atoms with Gasteiger partial charge in [-0.2, -0.15) is 5.10 Å². The van der Waals surface area contributed by atoms with Gasteiger partial charge in [-0.3, -0.25) is 4.79 Å². The molecular weight excluding hydrogens is 476 g/mol. The van der Waals surface area contributed by atoms with Gasteiger partial charge in [0.2, 0.25) is 11.9 Å². The quantitative estimate of drug-likeness (QED) is 0.332. The summed E-state index contributed by atoms with van der Waals surface area (Å²) in [6.45, 7) is 3.74. The maximum Gasteiger partial charge on any atom is 0.338 e. The minimum absolute atomic E-state index is 0.0219. The van der Waals surface area contributed by atoms with Crippen LogP contribution in [0.15, 0.2) is 75.6 Å². The van der Waals surface area contributed by atoms with Crippen molar-refractivity contribution in [2.24, 2.45) is 0 Å². The van der Waals surface area contributed by atoms with E-state index in [1.165, 1.54) is 7.11 Å². The molecule has 0 bridgehead atoms. The van der Waals surface area contributed by atoms with Crippen molar-refractivity contribution in [1.82, 2.24) is 30.3 Å². The van der Waals surface area contributed by atoms with Gasteiger partial charge in [0.25, 0.3) is 23.6 Å². The Morgan fingerprint density at radius 2 is 1.65 bits per heavy atom. The lowest BCUT2D eigenvalue weighted by Crippen LogP contribution is -2.34. The van der Waals surface area contributed by atoms with Crippen molar-refractivity contribution in [3.05, 3.63) is 89.6 Å². The van der Waals surface area contributed by atoms with Crippen LogP contribution in [0, 0.1) is 13.8 Å². The second kappa shape index (κ2) is 9.90. The third-order valence-corrected chi connectivity index (χ3v) is 5.47. The third-order valence-electron chi connectivity index (χ3n) is 5.47. The standard InChI is InChI=1S/C26H22N6O5/c1-15-14-16(2)32(31-15)25-19(28-22(37-25)18-12-8-5-9-13-18)23-29-30-24(36-23)20(26(34)35-3)27-21(33)17-10-6-4-7-11-17/h4-14,20H,1-3H3,(H,27,33)/t20-/m1/s1. The molecule has 0 aliphatic heterocycles. The number of hydrogen-bond acceptors (Lipinski definition) is 9. The van der Waals surface area contributed by atoms with Crippen LogP contribution in [0.5, 0.6) is 0 Å². The van der Waals surface area contributed by atoms with Gasteiger partial charge < -0.3 is 18.9 Å². The van der Waals surface area contributed by atoms with Gasteiger partial charge in [-0.15, -0.1) is 10.2 Å². The van der Waals surface area contributed by atoms with Crippen LogP contribution in [0.2, 0.25) is 0 Å². The SMILES string of the molecule is COC(=O)[C@H](NC(=O)c1ccccc1)c1nnc(-c2nc(-c3ccccc3)oc2-n2nc(C)cc2C)o1. The average Bonchev–Trinajstić information content (AvgIpc) is 3.65. The first-order valence-electron chi connectivity index (χ1n) is 11.3. The summed E-state index contributed by atoms with van der Waals surface area (Å²) in [4.78, 5) is 29.9. The molecule has 0 saturated carbocycles. The highest BCUT2D eigenvalue weighted by molar-refractivity contribution is 5.96. The molecule has 37 heavy (non-hydrogen) atoms. The van der Waals surface area contributed by atoms with E-state index in [0.717, 1.165) is 17.0 Å². The van der Waals surface area contributed by atoms with Crippen LogP contribution in [0.3, 0.4) is 0 Å². The Balaban J connectivity index is 1.55. The lowest BCUT2D eigenvalue weighted by Gasteiger charge is -2.12. The fraction of sp³-hybridized carbons (Fsp3) is 0.154. The molecule has 1 N–H and O–H groups in total. The molecule has 0 aliphatic rings. The topological polar surface area (TPSA) is 138 Å². The maximum absolute atomic E-state index is 12.7. The number of aromatic nitrogens is 5. The highest BCUT2D eigenvalue weighted by Crippen LogP contribution is 2.32. The Labute approximate surface area is 211 Å². The summed E-state index contributed by atoms with van der Waals surface area (Å²) in [7, 11) is 1.20. The number of nitrogens with one attached hydrogen (secondary N) is 1. The number of carbonyl (C=O) groups excluding carboxylic acids is 2. The minimum Gasteiger partial charge on any atom is -0.467 e. The Hall–Kier alpha value is -5.06. The van der Waals surface area contributed by atoms with Gasteiger partial charge in [-0.05, 0) is 44.2 Å². The minimum atomic E-state index is -1.34. The van der Waals surface area contributed by atoms with Gasteiger partial charge in [0.1, 0.15) is 0 Å². The number of methoxy groups -OCH3 is 1. The number of amides is 1. The molecule has 0 radical (unpaired) electrons. The lowest BCUT2D eigenvalue weighted by molar-refractivity contribution is -0.143. The third kappa shape index (κ3) is 4.74. The molecule has 5 aromatic rings. The maximum atomic E-state index is 12.7. The molecule has 0 unspecified atom stereocenters. The Morgan fingerprint density at radius 1 is 0.946 bits per heavy atom. The second-order valence-corrected chi connectivity index (χ2v) is 8.12. The number of benzene rings is 2. The molecule has 186 valence electrons. The molecular formula is C26H22N6O5. The lowest BCUT2D eigenvalue weighted by atomic mass is 10.2. The molecule has 0 fully saturated rings. The van der Waals surface area contributed by atoms with Crippen LogP contribution in [0.1, 0.15) is 33.7 Å². The molecule has 1 amide bonds. The molecule has 0 aliphatic carbocycles. The molecule has 3 heterocycles. The summed E-state index contributed by atoms with van der Waals surface area (Å²) in [5.41, 5.74) is 2.89. The number of aryl methyl sites for hydroxylation is 2. The van der Waals surface area contributed by atoms with Gasteiger partial charge in [0, 0.05) is 16.8 Å². The van der Waals surface area contributed by atoms with Gasteiger partial charge >= 0.3 is 5.97 Å². The molecule has 11 heteroatoms. The summed E-state index contributed by atoms with van der Waals surface area (Å²) < 4.78 is 18.4. The van der Waals surface area contributed by atoms with E-state index >= 15 is 0 Å². The zero-order chi connectivity index (χ0) is 25.9. The summed E-state index contributed by atoms with van der Waals surface area (Å²) in [5, 5.41) is 15.2.